The van der Waals surface area contributed by atoms with Crippen LogP contribution in [0.3, 0.4) is 0 Å². The lowest BCUT2D eigenvalue weighted by atomic mass is 9.83. The van der Waals surface area contributed by atoms with E-state index < -0.39 is 5.92 Å². The molecule has 1 aliphatic rings. The van der Waals surface area contributed by atoms with Crippen LogP contribution in [0.4, 0.5) is 0 Å². The van der Waals surface area contributed by atoms with Gasteiger partial charge in [0.25, 0.3) is 0 Å². The zero-order valence-electron chi connectivity index (χ0n) is 18.2. The van der Waals surface area contributed by atoms with E-state index >= 15 is 0 Å². The number of aromatic nitrogens is 2. The van der Waals surface area contributed by atoms with E-state index in [0.717, 1.165) is 21.8 Å². The van der Waals surface area contributed by atoms with E-state index in [2.05, 4.69) is 26.8 Å². The predicted molar refractivity (Wildman–Crippen MR) is 122 cm³/mol. The van der Waals surface area contributed by atoms with Gasteiger partial charge in [0.05, 0.1) is 17.3 Å². The Bertz CT molecular complexity index is 1090. The number of carbonyl (C=O) groups is 1. The van der Waals surface area contributed by atoms with Crippen LogP contribution in [0.5, 0.6) is 11.5 Å². The highest BCUT2D eigenvalue weighted by Crippen LogP contribution is 2.41. The van der Waals surface area contributed by atoms with E-state index in [0.29, 0.717) is 11.5 Å². The van der Waals surface area contributed by atoms with Crippen molar-refractivity contribution in [3.63, 3.8) is 0 Å². The number of rotatable bonds is 6. The zero-order chi connectivity index (χ0) is 22.2. The van der Waals surface area contributed by atoms with Gasteiger partial charge in [0.15, 0.2) is 11.5 Å². The second-order valence-electron chi connectivity index (χ2n) is 8.76. The molecule has 4 rings (SSSR count). The maximum atomic E-state index is 12.6. The molecule has 31 heavy (non-hydrogen) atoms. The van der Waals surface area contributed by atoms with Crippen LogP contribution in [0.15, 0.2) is 59.5 Å². The highest BCUT2D eigenvalue weighted by molar-refractivity contribution is 7.97. The first kappa shape index (κ1) is 21.3. The highest BCUT2D eigenvalue weighted by Gasteiger charge is 2.32. The van der Waals surface area contributed by atoms with Gasteiger partial charge in [-0.25, -0.2) is 4.09 Å². The average Bonchev–Trinajstić information content (AvgIpc) is 3.35. The number of hydrogen-bond acceptors (Lipinski definition) is 5. The fourth-order valence-electron chi connectivity index (χ4n) is 3.68. The Kier molecular flexibility index (Phi) is 5.71. The van der Waals surface area contributed by atoms with Crippen molar-refractivity contribution in [1.29, 1.82) is 0 Å². The van der Waals surface area contributed by atoms with E-state index in [4.69, 9.17) is 20.3 Å². The fraction of sp³-hybridized carbons (Fsp3) is 0.333. The lowest BCUT2D eigenvalue weighted by Crippen LogP contribution is -2.26. The first-order chi connectivity index (χ1) is 14.7. The lowest BCUT2D eigenvalue weighted by Gasteiger charge is -2.22. The third kappa shape index (κ3) is 4.42. The molecule has 2 unspecified atom stereocenters. The van der Waals surface area contributed by atoms with Gasteiger partial charge >= 0.3 is 0 Å². The summed E-state index contributed by atoms with van der Waals surface area (Å²) in [6, 6.07) is 17.7. The van der Waals surface area contributed by atoms with E-state index in [1.54, 1.807) is 0 Å². The van der Waals surface area contributed by atoms with Crippen molar-refractivity contribution >= 4 is 17.9 Å². The first-order valence-corrected chi connectivity index (χ1v) is 11.0. The summed E-state index contributed by atoms with van der Waals surface area (Å²) in [6.07, 6.45) is 0. The molecule has 0 spiro atoms. The number of benzene rings is 2. The molecule has 6 nitrogen and oxygen atoms in total. The van der Waals surface area contributed by atoms with Crippen molar-refractivity contribution < 1.29 is 14.3 Å². The van der Waals surface area contributed by atoms with Crippen LogP contribution in [0, 0.1) is 0 Å². The summed E-state index contributed by atoms with van der Waals surface area (Å²) < 4.78 is 12.8. The Morgan fingerprint density at radius 2 is 1.81 bits per heavy atom. The Morgan fingerprint density at radius 1 is 1.10 bits per heavy atom. The van der Waals surface area contributed by atoms with Gasteiger partial charge in [-0.3, -0.25) is 4.79 Å². The maximum Gasteiger partial charge on any atom is 0.231 e. The summed E-state index contributed by atoms with van der Waals surface area (Å²) in [6.45, 7) is 8.59. The number of ether oxygens (including phenoxy) is 2. The molecular weight excluding hydrogens is 410 g/mol. The van der Waals surface area contributed by atoms with Gasteiger partial charge in [-0.1, -0.05) is 52.0 Å². The third-order valence-electron chi connectivity index (χ3n) is 5.44. The van der Waals surface area contributed by atoms with E-state index in [9.17, 15) is 4.79 Å². The smallest absolute Gasteiger partial charge is 0.231 e. The zero-order valence-corrected chi connectivity index (χ0v) is 19.0. The standard InChI is InChI=1S/C24H27N3O3S/c1-15(22(23(25)28)16-10-11-19-20(12-16)30-14-29-19)18-13-21(24(2,3)4)26-27(18)31-17-8-6-5-7-9-17/h5-13,15,22H,14H2,1-4H3,(H2,25,28). The van der Waals surface area contributed by atoms with Gasteiger partial charge in [-0.05, 0) is 35.9 Å². The lowest BCUT2D eigenvalue weighted by molar-refractivity contribution is -0.119. The summed E-state index contributed by atoms with van der Waals surface area (Å²) in [5, 5.41) is 4.87. The fourth-order valence-corrected chi connectivity index (χ4v) is 4.61. The molecule has 7 heteroatoms. The molecule has 162 valence electrons. The van der Waals surface area contributed by atoms with Crippen LogP contribution in [0.1, 0.15) is 56.5 Å². The van der Waals surface area contributed by atoms with Crippen LogP contribution in [0.25, 0.3) is 0 Å². The molecule has 0 bridgehead atoms. The van der Waals surface area contributed by atoms with Crippen molar-refractivity contribution in [3.8, 4) is 11.5 Å². The summed E-state index contributed by atoms with van der Waals surface area (Å²) in [7, 11) is 0. The molecule has 0 saturated heterocycles. The van der Waals surface area contributed by atoms with Gasteiger partial charge in [0.1, 0.15) is 0 Å². The van der Waals surface area contributed by atoms with Crippen molar-refractivity contribution in [1.82, 2.24) is 9.19 Å². The minimum absolute atomic E-state index is 0.127. The Morgan fingerprint density at radius 3 is 2.48 bits per heavy atom. The van der Waals surface area contributed by atoms with Gasteiger partial charge in [0.2, 0.25) is 12.7 Å². The van der Waals surface area contributed by atoms with Gasteiger partial charge in [-0.15, -0.1) is 0 Å². The molecule has 1 aromatic heterocycles. The average molecular weight is 438 g/mol. The summed E-state index contributed by atoms with van der Waals surface area (Å²) in [5.41, 5.74) is 8.49. The quantitative estimate of drug-likeness (QED) is 0.597. The Balaban J connectivity index is 1.75. The van der Waals surface area contributed by atoms with Crippen LogP contribution in [0.2, 0.25) is 0 Å². The third-order valence-corrected chi connectivity index (χ3v) is 6.38. The second kappa shape index (κ2) is 8.30. The molecular formula is C24H27N3O3S. The number of nitrogens with two attached hydrogens (primary N) is 1. The monoisotopic (exact) mass is 437 g/mol. The molecule has 2 aromatic carbocycles. The summed E-state index contributed by atoms with van der Waals surface area (Å²) in [4.78, 5) is 13.7. The number of nitrogens with zero attached hydrogens (tertiary/aromatic N) is 2. The summed E-state index contributed by atoms with van der Waals surface area (Å²) >= 11 is 1.53. The molecule has 1 amide bonds. The first-order valence-electron chi connectivity index (χ1n) is 10.3. The van der Waals surface area contributed by atoms with Gasteiger partial charge in [0, 0.05) is 28.2 Å². The predicted octanol–water partition coefficient (Wildman–Crippen LogP) is 4.84. The number of primary amides is 1. The number of carbonyl (C=O) groups excluding carboxylic acids is 1. The van der Waals surface area contributed by atoms with E-state index in [1.165, 1.54) is 11.9 Å². The molecule has 2 N–H and O–H groups in total. The normalized spacial score (nSPS) is 15.0. The van der Waals surface area contributed by atoms with E-state index in [1.807, 2.05) is 59.5 Å². The van der Waals surface area contributed by atoms with Gasteiger partial charge < -0.3 is 15.2 Å². The highest BCUT2D eigenvalue weighted by atomic mass is 32.2. The molecule has 2 atom stereocenters. The van der Waals surface area contributed by atoms with Crippen LogP contribution < -0.4 is 15.2 Å². The summed E-state index contributed by atoms with van der Waals surface area (Å²) in [5.74, 6) is 0.200. The molecule has 0 saturated carbocycles. The molecule has 0 radical (unpaired) electrons. The number of fused-ring (bicyclic) bond motifs is 1. The van der Waals surface area contributed by atoms with Crippen LogP contribution in [-0.2, 0) is 10.2 Å². The molecule has 1 aliphatic heterocycles. The minimum atomic E-state index is -0.533. The Hall–Kier alpha value is -2.93. The van der Waals surface area contributed by atoms with Crippen molar-refractivity contribution in [2.75, 3.05) is 6.79 Å². The van der Waals surface area contributed by atoms with E-state index in [-0.39, 0.29) is 24.0 Å². The molecule has 2 heterocycles. The largest absolute Gasteiger partial charge is 0.454 e. The second-order valence-corrected chi connectivity index (χ2v) is 9.76. The minimum Gasteiger partial charge on any atom is -0.454 e. The molecule has 0 aliphatic carbocycles. The SMILES string of the molecule is CC(c1cc(C(C)(C)C)nn1Sc1ccccc1)C(C(N)=O)c1ccc2c(c1)OCO2. The van der Waals surface area contributed by atoms with Crippen LogP contribution >= 0.6 is 11.9 Å². The molecule has 0 fully saturated rings. The molecule has 3 aromatic rings. The Labute approximate surface area is 186 Å². The van der Waals surface area contributed by atoms with Crippen molar-refractivity contribution in [3.05, 3.63) is 71.5 Å². The van der Waals surface area contributed by atoms with Crippen molar-refractivity contribution in [2.45, 2.75) is 49.8 Å². The van der Waals surface area contributed by atoms with Gasteiger partial charge in [-0.2, -0.15) is 5.10 Å². The maximum absolute atomic E-state index is 12.6. The van der Waals surface area contributed by atoms with Crippen LogP contribution in [-0.4, -0.2) is 21.9 Å². The van der Waals surface area contributed by atoms with Crippen molar-refractivity contribution in [2.24, 2.45) is 5.73 Å². The number of hydrogen-bond donors (Lipinski definition) is 1. The number of amides is 1. The topological polar surface area (TPSA) is 79.4 Å².